The van der Waals surface area contributed by atoms with Gasteiger partial charge in [-0.05, 0) is 12.1 Å². The van der Waals surface area contributed by atoms with Crippen LogP contribution in [0.25, 0.3) is 0 Å². The second-order valence-electron chi connectivity index (χ2n) is 1.67. The van der Waals surface area contributed by atoms with Crippen molar-refractivity contribution in [3.05, 3.63) is 35.9 Å². The van der Waals surface area contributed by atoms with Crippen LogP contribution in [0.15, 0.2) is 30.3 Å². The first kappa shape index (κ1) is 8.65. The highest BCUT2D eigenvalue weighted by atomic mass is 16.4. The predicted octanol–water partition coefficient (Wildman–Crippen LogP) is 1.55. The van der Waals surface area contributed by atoms with Gasteiger partial charge in [0.15, 0.2) is 0 Å². The fraction of sp³-hybridized carbons (Fsp3) is 0. The molecule has 0 aliphatic heterocycles. The molecule has 1 aromatic carbocycles. The predicted molar refractivity (Wildman–Crippen MR) is 38.4 cm³/mol. The quantitative estimate of drug-likeness (QED) is 0.619. The average Bonchev–Trinajstić information content (AvgIpc) is 1.90. The lowest BCUT2D eigenvalue weighted by molar-refractivity contribution is 0.0697. The summed E-state index contributed by atoms with van der Waals surface area (Å²) in [7, 11) is 0. The van der Waals surface area contributed by atoms with Gasteiger partial charge in [-0.3, -0.25) is 0 Å². The number of hydrogen-bond acceptors (Lipinski definition) is 2. The highest BCUT2D eigenvalue weighted by Gasteiger charge is 1.96. The maximum atomic E-state index is 10.2. The molecular formula is C7H9NO2. The van der Waals surface area contributed by atoms with Gasteiger partial charge in [0.1, 0.15) is 0 Å². The van der Waals surface area contributed by atoms with Crippen molar-refractivity contribution in [3.8, 4) is 0 Å². The number of carbonyl (C=O) groups is 1. The Kier molecular flexibility index (Phi) is 3.14. The Morgan fingerprint density at radius 1 is 1.20 bits per heavy atom. The van der Waals surface area contributed by atoms with E-state index in [0.717, 1.165) is 0 Å². The van der Waals surface area contributed by atoms with E-state index in [1.807, 2.05) is 0 Å². The molecular weight excluding hydrogens is 130 g/mol. The molecule has 3 heteroatoms. The molecule has 54 valence electrons. The Labute approximate surface area is 58.9 Å². The molecule has 0 radical (unpaired) electrons. The van der Waals surface area contributed by atoms with Crippen LogP contribution >= 0.6 is 0 Å². The van der Waals surface area contributed by atoms with E-state index in [4.69, 9.17) is 5.11 Å². The van der Waals surface area contributed by atoms with Gasteiger partial charge in [0.25, 0.3) is 0 Å². The van der Waals surface area contributed by atoms with Crippen molar-refractivity contribution in [1.29, 1.82) is 0 Å². The standard InChI is InChI=1S/C7H6O2.H3N/c8-7(9)6-4-2-1-3-5-6;/h1-5H,(H,8,9);1H3. The van der Waals surface area contributed by atoms with Gasteiger partial charge in [0, 0.05) is 0 Å². The molecule has 10 heavy (non-hydrogen) atoms. The van der Waals surface area contributed by atoms with E-state index < -0.39 is 5.97 Å². The van der Waals surface area contributed by atoms with Crippen LogP contribution in [0, 0.1) is 0 Å². The topological polar surface area (TPSA) is 72.3 Å². The monoisotopic (exact) mass is 139 g/mol. The molecule has 0 bridgehead atoms. The normalized spacial score (nSPS) is 8.00. The van der Waals surface area contributed by atoms with Crippen molar-refractivity contribution in [2.75, 3.05) is 0 Å². The lowest BCUT2D eigenvalue weighted by Gasteiger charge is -1.88. The summed E-state index contributed by atoms with van der Waals surface area (Å²) in [6, 6.07) is 8.30. The Morgan fingerprint density at radius 2 is 1.70 bits per heavy atom. The van der Waals surface area contributed by atoms with Crippen molar-refractivity contribution >= 4 is 5.97 Å². The minimum atomic E-state index is -0.879. The maximum absolute atomic E-state index is 10.2. The number of aromatic carboxylic acids is 1. The smallest absolute Gasteiger partial charge is 0.335 e. The van der Waals surface area contributed by atoms with Crippen LogP contribution < -0.4 is 6.15 Å². The molecule has 4 N–H and O–H groups in total. The van der Waals surface area contributed by atoms with Gasteiger partial charge in [0.2, 0.25) is 0 Å². The molecule has 0 unspecified atom stereocenters. The third-order valence-corrected chi connectivity index (χ3v) is 1.02. The molecule has 0 heterocycles. The largest absolute Gasteiger partial charge is 0.478 e. The Bertz CT molecular complexity index is 208. The van der Waals surface area contributed by atoms with Gasteiger partial charge < -0.3 is 11.3 Å². The third kappa shape index (κ3) is 1.87. The van der Waals surface area contributed by atoms with E-state index in [-0.39, 0.29) is 6.15 Å². The zero-order chi connectivity index (χ0) is 6.69. The average molecular weight is 139 g/mol. The van der Waals surface area contributed by atoms with E-state index >= 15 is 0 Å². The molecule has 0 saturated heterocycles. The van der Waals surface area contributed by atoms with Crippen LogP contribution in [0.3, 0.4) is 0 Å². The molecule has 1 aromatic rings. The van der Waals surface area contributed by atoms with Crippen molar-refractivity contribution < 1.29 is 9.90 Å². The molecule has 0 atom stereocenters. The van der Waals surface area contributed by atoms with Crippen LogP contribution in [-0.2, 0) is 0 Å². The second-order valence-corrected chi connectivity index (χ2v) is 1.67. The summed E-state index contributed by atoms with van der Waals surface area (Å²) in [5, 5.41) is 8.38. The highest BCUT2D eigenvalue weighted by molar-refractivity contribution is 5.87. The fourth-order valence-corrected chi connectivity index (χ4v) is 0.581. The van der Waals surface area contributed by atoms with Crippen LogP contribution in [0.5, 0.6) is 0 Å². The minimum Gasteiger partial charge on any atom is -0.478 e. The SMILES string of the molecule is N.O=C(O)c1ccccc1. The number of rotatable bonds is 1. The first-order valence-electron chi connectivity index (χ1n) is 2.59. The van der Waals surface area contributed by atoms with Gasteiger partial charge in [-0.2, -0.15) is 0 Å². The minimum absolute atomic E-state index is 0. The van der Waals surface area contributed by atoms with Gasteiger partial charge >= 0.3 is 5.97 Å². The van der Waals surface area contributed by atoms with Crippen molar-refractivity contribution in [1.82, 2.24) is 6.15 Å². The lowest BCUT2D eigenvalue weighted by atomic mass is 10.2. The van der Waals surface area contributed by atoms with E-state index in [2.05, 4.69) is 0 Å². The highest BCUT2D eigenvalue weighted by Crippen LogP contribution is 1.96. The zero-order valence-corrected chi connectivity index (χ0v) is 5.45. The van der Waals surface area contributed by atoms with Crippen LogP contribution in [0.2, 0.25) is 0 Å². The Morgan fingerprint density at radius 3 is 2.00 bits per heavy atom. The Hall–Kier alpha value is -1.35. The van der Waals surface area contributed by atoms with E-state index in [1.165, 1.54) is 0 Å². The molecule has 1 rings (SSSR count). The van der Waals surface area contributed by atoms with Crippen molar-refractivity contribution in [3.63, 3.8) is 0 Å². The summed E-state index contributed by atoms with van der Waals surface area (Å²) in [6.07, 6.45) is 0. The summed E-state index contributed by atoms with van der Waals surface area (Å²) in [5.41, 5.74) is 0.331. The molecule has 0 aromatic heterocycles. The fourth-order valence-electron chi connectivity index (χ4n) is 0.581. The summed E-state index contributed by atoms with van der Waals surface area (Å²) in [4.78, 5) is 10.2. The van der Waals surface area contributed by atoms with Gasteiger partial charge in [-0.25, -0.2) is 4.79 Å². The summed E-state index contributed by atoms with van der Waals surface area (Å²) >= 11 is 0. The molecule has 0 amide bonds. The first-order valence-corrected chi connectivity index (χ1v) is 2.59. The van der Waals surface area contributed by atoms with Crippen molar-refractivity contribution in [2.45, 2.75) is 0 Å². The number of carboxylic acids is 1. The van der Waals surface area contributed by atoms with Crippen molar-refractivity contribution in [2.24, 2.45) is 0 Å². The van der Waals surface area contributed by atoms with Crippen LogP contribution in [0.4, 0.5) is 0 Å². The first-order chi connectivity index (χ1) is 4.30. The van der Waals surface area contributed by atoms with E-state index in [1.54, 1.807) is 30.3 Å². The summed E-state index contributed by atoms with van der Waals surface area (Å²) in [5.74, 6) is -0.879. The van der Waals surface area contributed by atoms with Gasteiger partial charge in [0.05, 0.1) is 5.56 Å². The van der Waals surface area contributed by atoms with Crippen LogP contribution in [0.1, 0.15) is 10.4 Å². The molecule has 0 aliphatic rings. The van der Waals surface area contributed by atoms with Crippen LogP contribution in [-0.4, -0.2) is 11.1 Å². The molecule has 0 spiro atoms. The summed E-state index contributed by atoms with van der Waals surface area (Å²) in [6.45, 7) is 0. The Balaban J connectivity index is 0.000000810. The maximum Gasteiger partial charge on any atom is 0.335 e. The van der Waals surface area contributed by atoms with E-state index in [9.17, 15) is 4.79 Å². The van der Waals surface area contributed by atoms with Gasteiger partial charge in [-0.15, -0.1) is 0 Å². The molecule has 3 nitrogen and oxygen atoms in total. The summed E-state index contributed by atoms with van der Waals surface area (Å²) < 4.78 is 0. The van der Waals surface area contributed by atoms with E-state index in [0.29, 0.717) is 5.56 Å². The molecule has 0 fully saturated rings. The number of benzene rings is 1. The zero-order valence-electron chi connectivity index (χ0n) is 5.45. The lowest BCUT2D eigenvalue weighted by Crippen LogP contribution is -1.93. The number of carboxylic acid groups (broad SMARTS) is 1. The molecule has 0 aliphatic carbocycles. The number of hydrogen-bond donors (Lipinski definition) is 2. The molecule has 0 saturated carbocycles. The third-order valence-electron chi connectivity index (χ3n) is 1.02. The second kappa shape index (κ2) is 3.63. The van der Waals surface area contributed by atoms with Gasteiger partial charge in [-0.1, -0.05) is 18.2 Å².